The van der Waals surface area contributed by atoms with Gasteiger partial charge in [-0.05, 0) is 45.8 Å². The Kier molecular flexibility index (Phi) is 5.92. The summed E-state index contributed by atoms with van der Waals surface area (Å²) in [6, 6.07) is 8.62. The molecule has 0 aliphatic heterocycles. The van der Waals surface area contributed by atoms with Crippen LogP contribution in [0.1, 0.15) is 37.3 Å². The van der Waals surface area contributed by atoms with Crippen molar-refractivity contribution in [2.45, 2.75) is 39.7 Å². The van der Waals surface area contributed by atoms with Gasteiger partial charge in [-0.2, -0.15) is 0 Å². The molecule has 0 aromatic heterocycles. The second-order valence-electron chi connectivity index (χ2n) is 4.89. The second-order valence-corrected chi connectivity index (χ2v) is 4.89. The van der Waals surface area contributed by atoms with Crippen molar-refractivity contribution in [3.05, 3.63) is 35.4 Å². The number of hydrogen-bond acceptors (Lipinski definition) is 2. The number of unbranched alkanes of at least 4 members (excludes halogenated alkanes) is 1. The Morgan fingerprint density at radius 1 is 1.29 bits per heavy atom. The molecule has 0 amide bonds. The zero-order valence-electron chi connectivity index (χ0n) is 11.2. The molecule has 2 nitrogen and oxygen atoms in total. The van der Waals surface area contributed by atoms with Gasteiger partial charge in [0.2, 0.25) is 0 Å². The Bertz CT molecular complexity index is 360. The maximum atomic E-state index is 10.8. The van der Waals surface area contributed by atoms with E-state index in [1.54, 1.807) is 6.92 Å². The van der Waals surface area contributed by atoms with Crippen LogP contribution in [-0.2, 0) is 11.3 Å². The minimum Gasteiger partial charge on any atom is -0.302 e. The molecule has 0 unspecified atom stereocenters. The number of carbonyl (C=O) groups is 1. The van der Waals surface area contributed by atoms with Crippen molar-refractivity contribution < 1.29 is 4.79 Å². The Hall–Kier alpha value is -1.15. The molecule has 1 rings (SSSR count). The summed E-state index contributed by atoms with van der Waals surface area (Å²) in [6.07, 6.45) is 2.83. The van der Waals surface area contributed by atoms with Crippen LogP contribution in [0.3, 0.4) is 0 Å². The maximum Gasteiger partial charge on any atom is 0.129 e. The molecule has 0 N–H and O–H groups in total. The van der Waals surface area contributed by atoms with Crippen LogP contribution < -0.4 is 0 Å². The third kappa shape index (κ3) is 6.22. The second kappa shape index (κ2) is 7.23. The molecule has 94 valence electrons. The number of Topliss-reactive ketones (excluding diaryl/α,β-unsaturated/α-hetero) is 1. The quantitative estimate of drug-likeness (QED) is 0.674. The molecule has 0 saturated heterocycles. The highest BCUT2D eigenvalue weighted by Gasteiger charge is 2.01. The summed E-state index contributed by atoms with van der Waals surface area (Å²) in [5, 5.41) is 0. The fourth-order valence-electron chi connectivity index (χ4n) is 1.96. The fraction of sp³-hybridized carbons (Fsp3) is 0.533. The minimum absolute atomic E-state index is 0.298. The van der Waals surface area contributed by atoms with Crippen LogP contribution in [0, 0.1) is 6.92 Å². The van der Waals surface area contributed by atoms with Crippen LogP contribution in [0.25, 0.3) is 0 Å². The Morgan fingerprint density at radius 3 is 2.71 bits per heavy atom. The zero-order valence-corrected chi connectivity index (χ0v) is 11.2. The monoisotopic (exact) mass is 233 g/mol. The lowest BCUT2D eigenvalue weighted by molar-refractivity contribution is -0.117. The van der Waals surface area contributed by atoms with Crippen molar-refractivity contribution in [1.29, 1.82) is 0 Å². The predicted octanol–water partition coefficient (Wildman–Crippen LogP) is 3.19. The fourth-order valence-corrected chi connectivity index (χ4v) is 1.96. The van der Waals surface area contributed by atoms with E-state index in [4.69, 9.17) is 0 Å². The average molecular weight is 233 g/mol. The zero-order chi connectivity index (χ0) is 12.7. The van der Waals surface area contributed by atoms with Gasteiger partial charge in [-0.15, -0.1) is 0 Å². The van der Waals surface area contributed by atoms with Crippen molar-refractivity contribution >= 4 is 5.78 Å². The van der Waals surface area contributed by atoms with E-state index in [0.717, 1.165) is 32.4 Å². The van der Waals surface area contributed by atoms with Gasteiger partial charge < -0.3 is 9.69 Å². The molecule has 1 aromatic rings. The number of benzene rings is 1. The van der Waals surface area contributed by atoms with Crippen molar-refractivity contribution in [3.63, 3.8) is 0 Å². The number of aryl methyl sites for hydroxylation is 1. The van der Waals surface area contributed by atoms with Crippen LogP contribution >= 0.6 is 0 Å². The minimum atomic E-state index is 0.298. The van der Waals surface area contributed by atoms with Gasteiger partial charge in [0, 0.05) is 13.0 Å². The first kappa shape index (κ1) is 13.9. The van der Waals surface area contributed by atoms with Gasteiger partial charge in [0.25, 0.3) is 0 Å². The first-order chi connectivity index (χ1) is 8.08. The number of rotatable bonds is 7. The number of ketones is 1. The Balaban J connectivity index is 2.25. The lowest BCUT2D eigenvalue weighted by Gasteiger charge is -2.16. The highest BCUT2D eigenvalue weighted by atomic mass is 16.1. The van der Waals surface area contributed by atoms with Gasteiger partial charge in [-0.3, -0.25) is 0 Å². The van der Waals surface area contributed by atoms with E-state index < -0.39 is 0 Å². The number of hydrogen-bond donors (Lipinski definition) is 0. The van der Waals surface area contributed by atoms with E-state index in [0.29, 0.717) is 5.78 Å². The summed E-state index contributed by atoms with van der Waals surface area (Å²) in [7, 11) is 2.14. The molecule has 0 radical (unpaired) electrons. The molecule has 0 atom stereocenters. The SMILES string of the molecule is CC(=O)CCCCN(C)Cc1cccc(C)c1. The van der Waals surface area contributed by atoms with E-state index in [9.17, 15) is 4.79 Å². The van der Waals surface area contributed by atoms with Gasteiger partial charge in [0.1, 0.15) is 5.78 Å². The molecule has 0 spiro atoms. The molecule has 0 aliphatic carbocycles. The molecule has 17 heavy (non-hydrogen) atoms. The van der Waals surface area contributed by atoms with Gasteiger partial charge >= 0.3 is 0 Å². The Morgan fingerprint density at radius 2 is 2.06 bits per heavy atom. The Labute approximate surface area is 105 Å². The van der Waals surface area contributed by atoms with Crippen LogP contribution in [0.5, 0.6) is 0 Å². The number of carbonyl (C=O) groups excluding carboxylic acids is 1. The van der Waals surface area contributed by atoms with Crippen molar-refractivity contribution in [1.82, 2.24) is 4.90 Å². The summed E-state index contributed by atoms with van der Waals surface area (Å²) in [5.74, 6) is 0.298. The predicted molar refractivity (Wildman–Crippen MR) is 72.0 cm³/mol. The largest absolute Gasteiger partial charge is 0.302 e. The summed E-state index contributed by atoms with van der Waals surface area (Å²) in [4.78, 5) is 13.1. The molecular weight excluding hydrogens is 210 g/mol. The first-order valence-corrected chi connectivity index (χ1v) is 6.31. The van der Waals surface area contributed by atoms with Gasteiger partial charge in [-0.25, -0.2) is 0 Å². The molecule has 0 bridgehead atoms. The summed E-state index contributed by atoms with van der Waals surface area (Å²) >= 11 is 0. The highest BCUT2D eigenvalue weighted by molar-refractivity contribution is 5.75. The van der Waals surface area contributed by atoms with Crippen molar-refractivity contribution in [2.24, 2.45) is 0 Å². The standard InChI is InChI=1S/C15H23NO/c1-13-7-6-9-15(11-13)12-16(3)10-5-4-8-14(2)17/h6-7,9,11H,4-5,8,10,12H2,1-3H3. The molecule has 0 heterocycles. The van der Waals surface area contributed by atoms with Gasteiger partial charge in [-0.1, -0.05) is 29.8 Å². The van der Waals surface area contributed by atoms with E-state index in [2.05, 4.69) is 43.1 Å². The summed E-state index contributed by atoms with van der Waals surface area (Å²) < 4.78 is 0. The summed E-state index contributed by atoms with van der Waals surface area (Å²) in [6.45, 7) is 5.83. The van der Waals surface area contributed by atoms with E-state index in [-0.39, 0.29) is 0 Å². The average Bonchev–Trinajstić information content (AvgIpc) is 2.24. The summed E-state index contributed by atoms with van der Waals surface area (Å²) in [5.41, 5.74) is 2.67. The van der Waals surface area contributed by atoms with Crippen molar-refractivity contribution in [3.8, 4) is 0 Å². The van der Waals surface area contributed by atoms with Crippen LogP contribution in [0.15, 0.2) is 24.3 Å². The molecule has 0 aliphatic rings. The van der Waals surface area contributed by atoms with Crippen molar-refractivity contribution in [2.75, 3.05) is 13.6 Å². The highest BCUT2D eigenvalue weighted by Crippen LogP contribution is 2.07. The van der Waals surface area contributed by atoms with E-state index in [1.165, 1.54) is 11.1 Å². The number of nitrogens with zero attached hydrogens (tertiary/aromatic N) is 1. The molecule has 0 saturated carbocycles. The van der Waals surface area contributed by atoms with Crippen LogP contribution in [0.2, 0.25) is 0 Å². The van der Waals surface area contributed by atoms with Crippen LogP contribution in [-0.4, -0.2) is 24.3 Å². The molecule has 0 fully saturated rings. The molecule has 1 aromatic carbocycles. The van der Waals surface area contributed by atoms with Gasteiger partial charge in [0.15, 0.2) is 0 Å². The maximum absolute atomic E-state index is 10.8. The lowest BCUT2D eigenvalue weighted by Crippen LogP contribution is -2.19. The van der Waals surface area contributed by atoms with Gasteiger partial charge in [0.05, 0.1) is 0 Å². The molecular formula is C15H23NO. The lowest BCUT2D eigenvalue weighted by atomic mass is 10.1. The van der Waals surface area contributed by atoms with E-state index in [1.807, 2.05) is 0 Å². The third-order valence-electron chi connectivity index (χ3n) is 2.85. The normalized spacial score (nSPS) is 10.8. The first-order valence-electron chi connectivity index (χ1n) is 6.31. The topological polar surface area (TPSA) is 20.3 Å². The van der Waals surface area contributed by atoms with E-state index >= 15 is 0 Å². The molecule has 2 heteroatoms. The smallest absolute Gasteiger partial charge is 0.129 e. The third-order valence-corrected chi connectivity index (χ3v) is 2.85. The van der Waals surface area contributed by atoms with Crippen LogP contribution in [0.4, 0.5) is 0 Å².